The summed E-state index contributed by atoms with van der Waals surface area (Å²) in [6.45, 7) is 5.00. The van der Waals surface area contributed by atoms with Crippen LogP contribution in [0.4, 0.5) is 5.82 Å². The number of nitrogens with zero attached hydrogens (tertiary/aromatic N) is 3. The van der Waals surface area contributed by atoms with Crippen molar-refractivity contribution in [1.82, 2.24) is 15.1 Å². The van der Waals surface area contributed by atoms with E-state index in [1.54, 1.807) is 31.2 Å². The second-order valence-corrected chi connectivity index (χ2v) is 5.55. The Morgan fingerprint density at radius 3 is 2.48 bits per heavy atom. The minimum atomic E-state index is -0.617. The van der Waals surface area contributed by atoms with Crippen LogP contribution in [0.5, 0.6) is 0 Å². The number of aromatic nitrogens is 3. The molecule has 8 nitrogen and oxygen atoms in total. The van der Waals surface area contributed by atoms with Gasteiger partial charge in [0.2, 0.25) is 0 Å². The molecule has 3 aromatic rings. The number of ether oxygens (including phenoxy) is 1. The van der Waals surface area contributed by atoms with Gasteiger partial charge >= 0.3 is 5.97 Å². The molecule has 0 saturated carbocycles. The standard InChI is InChI=1S/C17H16N4O4/c1-9-6-15(21-25-9)20-16(22)8-24-17(23)12-4-5-13-14(7-12)19-11(3)10(2)18-13/h4-7H,8H2,1-3H3,(H,20,21,22). The molecule has 8 heteroatoms. The van der Waals surface area contributed by atoms with Gasteiger partial charge in [-0.2, -0.15) is 0 Å². The molecule has 0 spiro atoms. The van der Waals surface area contributed by atoms with Gasteiger partial charge in [-0.1, -0.05) is 5.16 Å². The molecule has 0 radical (unpaired) electrons. The molecule has 2 heterocycles. The van der Waals surface area contributed by atoms with Gasteiger partial charge in [0, 0.05) is 6.07 Å². The molecule has 0 saturated heterocycles. The Labute approximate surface area is 143 Å². The number of carbonyl (C=O) groups excluding carboxylic acids is 2. The van der Waals surface area contributed by atoms with Crippen molar-refractivity contribution in [2.45, 2.75) is 20.8 Å². The topological polar surface area (TPSA) is 107 Å². The van der Waals surface area contributed by atoms with E-state index in [9.17, 15) is 9.59 Å². The van der Waals surface area contributed by atoms with E-state index in [4.69, 9.17) is 9.26 Å². The lowest BCUT2D eigenvalue weighted by molar-refractivity contribution is -0.119. The maximum Gasteiger partial charge on any atom is 0.338 e. The number of aryl methyl sites for hydroxylation is 3. The van der Waals surface area contributed by atoms with Gasteiger partial charge in [-0.15, -0.1) is 0 Å². The Kier molecular flexibility index (Phi) is 4.42. The lowest BCUT2D eigenvalue weighted by Gasteiger charge is -2.06. The summed E-state index contributed by atoms with van der Waals surface area (Å²) >= 11 is 0. The number of carbonyl (C=O) groups is 2. The molecule has 0 unspecified atom stereocenters. The van der Waals surface area contributed by atoms with Crippen LogP contribution in [0.2, 0.25) is 0 Å². The zero-order chi connectivity index (χ0) is 18.0. The number of hydrogen-bond acceptors (Lipinski definition) is 7. The van der Waals surface area contributed by atoms with Crippen LogP contribution in [0.15, 0.2) is 28.8 Å². The fourth-order valence-corrected chi connectivity index (χ4v) is 2.18. The molecule has 3 rings (SSSR count). The third-order valence-electron chi connectivity index (χ3n) is 3.54. The van der Waals surface area contributed by atoms with Crippen LogP contribution in [0.1, 0.15) is 27.5 Å². The molecule has 1 amide bonds. The quantitative estimate of drug-likeness (QED) is 0.726. The summed E-state index contributed by atoms with van der Waals surface area (Å²) in [6.07, 6.45) is 0. The van der Waals surface area contributed by atoms with Crippen molar-refractivity contribution in [3.05, 3.63) is 47.0 Å². The van der Waals surface area contributed by atoms with Crippen molar-refractivity contribution in [3.8, 4) is 0 Å². The molecule has 1 aromatic carbocycles. The van der Waals surface area contributed by atoms with E-state index in [-0.39, 0.29) is 5.82 Å². The minimum absolute atomic E-state index is 0.269. The first-order valence-electron chi connectivity index (χ1n) is 7.57. The molecule has 1 N–H and O–H groups in total. The molecule has 0 atom stereocenters. The Bertz CT molecular complexity index is 964. The van der Waals surface area contributed by atoms with Gasteiger partial charge in [-0.05, 0) is 39.0 Å². The molecule has 128 valence electrons. The number of anilines is 1. The average Bonchev–Trinajstić information content (AvgIpc) is 2.98. The van der Waals surface area contributed by atoms with Gasteiger partial charge in [0.1, 0.15) is 5.76 Å². The average molecular weight is 340 g/mol. The van der Waals surface area contributed by atoms with Gasteiger partial charge in [0.05, 0.1) is 28.0 Å². The molecule has 0 aliphatic rings. The Morgan fingerprint density at radius 2 is 1.80 bits per heavy atom. The fraction of sp³-hybridized carbons (Fsp3) is 0.235. The molecule has 0 aliphatic carbocycles. The number of fused-ring (bicyclic) bond motifs is 1. The molecule has 2 aromatic heterocycles. The third kappa shape index (κ3) is 3.79. The van der Waals surface area contributed by atoms with Crippen molar-refractivity contribution >= 4 is 28.7 Å². The first kappa shape index (κ1) is 16.6. The van der Waals surface area contributed by atoms with E-state index in [1.165, 1.54) is 0 Å². The van der Waals surface area contributed by atoms with Crippen molar-refractivity contribution in [1.29, 1.82) is 0 Å². The van der Waals surface area contributed by atoms with Gasteiger partial charge in [0.25, 0.3) is 5.91 Å². The molecular formula is C17H16N4O4. The number of benzene rings is 1. The predicted molar refractivity (Wildman–Crippen MR) is 89.2 cm³/mol. The van der Waals surface area contributed by atoms with Crippen LogP contribution in [-0.2, 0) is 9.53 Å². The summed E-state index contributed by atoms with van der Waals surface area (Å²) in [5.74, 6) is -0.289. The number of nitrogens with one attached hydrogen (secondary N) is 1. The van der Waals surface area contributed by atoms with E-state index in [0.29, 0.717) is 22.4 Å². The molecule has 25 heavy (non-hydrogen) atoms. The van der Waals surface area contributed by atoms with Gasteiger partial charge < -0.3 is 14.6 Å². The van der Waals surface area contributed by atoms with Gasteiger partial charge in [0.15, 0.2) is 12.4 Å². The largest absolute Gasteiger partial charge is 0.452 e. The zero-order valence-corrected chi connectivity index (χ0v) is 14.0. The maximum absolute atomic E-state index is 12.1. The number of esters is 1. The first-order chi connectivity index (χ1) is 11.9. The Hall–Kier alpha value is -3.29. The fourth-order valence-electron chi connectivity index (χ4n) is 2.18. The second kappa shape index (κ2) is 6.68. The highest BCUT2D eigenvalue weighted by molar-refractivity contribution is 5.96. The summed E-state index contributed by atoms with van der Waals surface area (Å²) < 4.78 is 9.85. The Balaban J connectivity index is 1.65. The number of amides is 1. The molecule has 0 aliphatic heterocycles. The minimum Gasteiger partial charge on any atom is -0.452 e. The summed E-state index contributed by atoms with van der Waals surface area (Å²) in [7, 11) is 0. The summed E-state index contributed by atoms with van der Waals surface area (Å²) in [5.41, 5.74) is 3.22. The molecule has 0 bridgehead atoms. The van der Waals surface area contributed by atoms with E-state index in [0.717, 1.165) is 11.4 Å². The van der Waals surface area contributed by atoms with Crippen LogP contribution in [0.25, 0.3) is 11.0 Å². The van der Waals surface area contributed by atoms with Crippen LogP contribution < -0.4 is 5.32 Å². The normalized spacial score (nSPS) is 10.7. The zero-order valence-electron chi connectivity index (χ0n) is 14.0. The third-order valence-corrected chi connectivity index (χ3v) is 3.54. The van der Waals surface area contributed by atoms with E-state index in [2.05, 4.69) is 20.4 Å². The molecular weight excluding hydrogens is 324 g/mol. The second-order valence-electron chi connectivity index (χ2n) is 5.55. The first-order valence-corrected chi connectivity index (χ1v) is 7.57. The highest BCUT2D eigenvalue weighted by Crippen LogP contribution is 2.15. The Morgan fingerprint density at radius 1 is 1.08 bits per heavy atom. The van der Waals surface area contributed by atoms with E-state index in [1.807, 2.05) is 13.8 Å². The van der Waals surface area contributed by atoms with Crippen molar-refractivity contribution < 1.29 is 18.8 Å². The lowest BCUT2D eigenvalue weighted by atomic mass is 10.2. The van der Waals surface area contributed by atoms with Gasteiger partial charge in [-0.3, -0.25) is 4.79 Å². The monoisotopic (exact) mass is 340 g/mol. The van der Waals surface area contributed by atoms with E-state index >= 15 is 0 Å². The van der Waals surface area contributed by atoms with Crippen molar-refractivity contribution in [3.63, 3.8) is 0 Å². The number of rotatable bonds is 4. The smallest absolute Gasteiger partial charge is 0.338 e. The predicted octanol–water partition coefficient (Wildman–Crippen LogP) is 2.34. The highest BCUT2D eigenvalue weighted by atomic mass is 16.5. The van der Waals surface area contributed by atoms with Gasteiger partial charge in [-0.25, -0.2) is 14.8 Å². The summed E-state index contributed by atoms with van der Waals surface area (Å²) in [4.78, 5) is 32.7. The number of hydrogen-bond donors (Lipinski definition) is 1. The van der Waals surface area contributed by atoms with E-state index < -0.39 is 18.5 Å². The SMILES string of the molecule is Cc1cc(NC(=O)COC(=O)c2ccc3nc(C)c(C)nc3c2)no1. The van der Waals surface area contributed by atoms with Crippen LogP contribution >= 0.6 is 0 Å². The highest BCUT2D eigenvalue weighted by Gasteiger charge is 2.13. The van der Waals surface area contributed by atoms with Crippen molar-refractivity contribution in [2.75, 3.05) is 11.9 Å². The summed E-state index contributed by atoms with van der Waals surface area (Å²) in [6, 6.07) is 6.44. The van der Waals surface area contributed by atoms with Crippen LogP contribution in [0, 0.1) is 20.8 Å². The summed E-state index contributed by atoms with van der Waals surface area (Å²) in [5, 5.41) is 6.10. The van der Waals surface area contributed by atoms with Crippen LogP contribution in [-0.4, -0.2) is 33.6 Å². The molecule has 0 fully saturated rings. The van der Waals surface area contributed by atoms with Crippen molar-refractivity contribution in [2.24, 2.45) is 0 Å². The maximum atomic E-state index is 12.1. The lowest BCUT2D eigenvalue weighted by Crippen LogP contribution is -2.21. The van der Waals surface area contributed by atoms with Crippen LogP contribution in [0.3, 0.4) is 0 Å².